The van der Waals surface area contributed by atoms with E-state index in [4.69, 9.17) is 11.5 Å². The number of rotatable bonds is 5. The Morgan fingerprint density at radius 3 is 2.46 bits per heavy atom. The summed E-state index contributed by atoms with van der Waals surface area (Å²) in [6.45, 7) is 1.45. The van der Waals surface area contributed by atoms with Crippen LogP contribution in [0.4, 0.5) is 0 Å². The van der Waals surface area contributed by atoms with Crippen LogP contribution in [-0.4, -0.2) is 30.2 Å². The molecule has 2 amide bonds. The van der Waals surface area contributed by atoms with Gasteiger partial charge >= 0.3 is 0 Å². The highest BCUT2D eigenvalue weighted by molar-refractivity contribution is 5.88. The van der Waals surface area contributed by atoms with Crippen LogP contribution in [0.5, 0.6) is 0 Å². The van der Waals surface area contributed by atoms with Crippen molar-refractivity contribution >= 4 is 18.1 Å². The molecule has 0 bridgehead atoms. The molecule has 0 aromatic carbocycles. The average molecular weight is 186 g/mol. The molecule has 0 aromatic rings. The molecule has 0 aliphatic carbocycles. The average Bonchev–Trinajstić information content (AvgIpc) is 2.02. The molecule has 2 unspecified atom stereocenters. The zero-order valence-electron chi connectivity index (χ0n) is 7.24. The van der Waals surface area contributed by atoms with Crippen molar-refractivity contribution in [1.29, 1.82) is 0 Å². The maximum Gasteiger partial charge on any atom is 0.238 e. The fourth-order valence-corrected chi connectivity index (χ4v) is 0.659. The molecule has 0 fully saturated rings. The first kappa shape index (κ1) is 11.6. The molecule has 73 valence electrons. The van der Waals surface area contributed by atoms with Crippen molar-refractivity contribution in [3.8, 4) is 0 Å². The molecule has 0 aromatic heterocycles. The summed E-state index contributed by atoms with van der Waals surface area (Å²) in [6.07, 6.45) is 1.31. The van der Waals surface area contributed by atoms with E-state index in [1.807, 2.05) is 0 Å². The van der Waals surface area contributed by atoms with Crippen LogP contribution in [0.3, 0.4) is 0 Å². The number of carbonyl (C=O) groups is 2. The monoisotopic (exact) mass is 186 g/mol. The molecule has 0 spiro atoms. The van der Waals surface area contributed by atoms with E-state index in [0.29, 0.717) is 0 Å². The second-order valence-electron chi connectivity index (χ2n) is 2.63. The Hall–Kier alpha value is -1.43. The van der Waals surface area contributed by atoms with Gasteiger partial charge in [0.1, 0.15) is 0 Å². The maximum absolute atomic E-state index is 11.0. The third-order valence-corrected chi connectivity index (χ3v) is 1.29. The number of nitrogens with one attached hydrogen (secondary N) is 1. The Morgan fingerprint density at radius 2 is 2.08 bits per heavy atom. The van der Waals surface area contributed by atoms with Gasteiger partial charge in [-0.1, -0.05) is 0 Å². The first-order chi connectivity index (χ1) is 5.97. The maximum atomic E-state index is 11.0. The van der Waals surface area contributed by atoms with E-state index >= 15 is 0 Å². The van der Waals surface area contributed by atoms with Gasteiger partial charge in [-0.2, -0.15) is 0 Å². The zero-order chi connectivity index (χ0) is 10.4. The molecule has 5 N–H and O–H groups in total. The highest BCUT2D eigenvalue weighted by atomic mass is 16.2. The lowest BCUT2D eigenvalue weighted by Crippen LogP contribution is -2.46. The fraction of sp³-hybridized carbons (Fsp3) is 0.571. The van der Waals surface area contributed by atoms with Gasteiger partial charge in [-0.25, -0.2) is 0 Å². The van der Waals surface area contributed by atoms with E-state index in [9.17, 15) is 14.4 Å². The lowest BCUT2D eigenvalue weighted by molar-refractivity contribution is -0.126. The Bertz CT molecular complexity index is 217. The van der Waals surface area contributed by atoms with Crippen LogP contribution in [0.15, 0.2) is 0 Å². The number of nitrogens with two attached hydrogens (primary N) is 2. The lowest BCUT2D eigenvalue weighted by atomic mass is 10.2. The van der Waals surface area contributed by atoms with Crippen molar-refractivity contribution < 1.29 is 14.4 Å². The van der Waals surface area contributed by atoms with Crippen molar-refractivity contribution in [2.75, 3.05) is 0 Å². The summed E-state index contributed by atoms with van der Waals surface area (Å²) in [4.78, 5) is 31.4. The van der Waals surface area contributed by atoms with Crippen LogP contribution in [-0.2, 0) is 14.4 Å². The molecular weight excluding hydrogens is 174 g/mol. The second kappa shape index (κ2) is 5.26. The van der Waals surface area contributed by atoms with E-state index in [1.54, 1.807) is 6.29 Å². The lowest BCUT2D eigenvalue weighted by Gasteiger charge is -2.11. The summed E-state index contributed by atoms with van der Waals surface area (Å²) in [5.74, 6) is -1.25. The minimum absolute atomic E-state index is 0.239. The van der Waals surface area contributed by atoms with E-state index in [-0.39, 0.29) is 6.42 Å². The largest absolute Gasteiger partial charge is 0.370 e. The van der Waals surface area contributed by atoms with Crippen molar-refractivity contribution in [3.05, 3.63) is 0 Å². The molecule has 0 aliphatic heterocycles. The van der Waals surface area contributed by atoms with Crippen molar-refractivity contribution in [2.45, 2.75) is 25.4 Å². The number of primary amides is 1. The van der Waals surface area contributed by atoms with Gasteiger partial charge < -0.3 is 16.8 Å². The number of amides is 2. The summed E-state index contributed by atoms with van der Waals surface area (Å²) in [5, 5.41) is 2.24. The normalized spacial score (nSPS) is 14.3. The molecule has 6 heteroatoms. The highest BCUT2D eigenvalue weighted by Crippen LogP contribution is 1.87. The summed E-state index contributed by atoms with van der Waals surface area (Å²) in [6, 6.07) is -1.74. The van der Waals surface area contributed by atoms with E-state index in [2.05, 4.69) is 5.32 Å². The first-order valence-electron chi connectivity index (χ1n) is 3.69. The van der Waals surface area contributed by atoms with Gasteiger partial charge in [-0.05, 0) is 6.92 Å². The van der Waals surface area contributed by atoms with E-state index in [0.717, 1.165) is 0 Å². The van der Waals surface area contributed by atoms with Gasteiger partial charge in [0, 0.05) is 0 Å². The Labute approximate surface area is 75.6 Å². The molecule has 13 heavy (non-hydrogen) atoms. The standard InChI is InChI=1S/C7H12N3O3/c1-4(3-11)10-7(13)5(8)2-6(9)12/h4-5H,2,8H2,1H3,(H2,9,12)(H,10,13). The van der Waals surface area contributed by atoms with Crippen LogP contribution in [0.25, 0.3) is 0 Å². The number of hydrogen-bond acceptors (Lipinski definition) is 4. The quantitative estimate of drug-likeness (QED) is 0.452. The second-order valence-corrected chi connectivity index (χ2v) is 2.63. The van der Waals surface area contributed by atoms with Gasteiger partial charge in [0.15, 0.2) is 0 Å². The molecule has 0 saturated carbocycles. The van der Waals surface area contributed by atoms with Gasteiger partial charge in [0.2, 0.25) is 18.1 Å². The fourth-order valence-electron chi connectivity index (χ4n) is 0.659. The molecular formula is C7H12N3O3. The minimum Gasteiger partial charge on any atom is -0.370 e. The summed E-state index contributed by atoms with van der Waals surface area (Å²) in [7, 11) is 0. The van der Waals surface area contributed by atoms with Gasteiger partial charge in [-0.15, -0.1) is 0 Å². The molecule has 0 saturated heterocycles. The highest BCUT2D eigenvalue weighted by Gasteiger charge is 2.17. The molecule has 1 radical (unpaired) electrons. The summed E-state index contributed by atoms with van der Waals surface area (Å²) in [5.41, 5.74) is 10.1. The predicted octanol–water partition coefficient (Wildman–Crippen LogP) is -2.20. The molecule has 2 atom stereocenters. The SMILES string of the molecule is CC([C]=O)NC(=O)C(N)CC(N)=O. The molecule has 6 nitrogen and oxygen atoms in total. The van der Waals surface area contributed by atoms with Crippen LogP contribution in [0, 0.1) is 0 Å². The predicted molar refractivity (Wildman–Crippen MR) is 45.1 cm³/mol. The van der Waals surface area contributed by atoms with Crippen molar-refractivity contribution in [1.82, 2.24) is 5.32 Å². The Kier molecular flexibility index (Phi) is 4.68. The number of hydrogen-bond donors (Lipinski definition) is 3. The Balaban J connectivity index is 3.95. The van der Waals surface area contributed by atoms with Gasteiger partial charge in [-0.3, -0.25) is 14.4 Å². The van der Waals surface area contributed by atoms with Crippen molar-refractivity contribution in [2.24, 2.45) is 11.5 Å². The summed E-state index contributed by atoms with van der Waals surface area (Å²) >= 11 is 0. The van der Waals surface area contributed by atoms with E-state index < -0.39 is 23.9 Å². The first-order valence-corrected chi connectivity index (χ1v) is 3.69. The van der Waals surface area contributed by atoms with Gasteiger partial charge in [0.05, 0.1) is 18.5 Å². The third kappa shape index (κ3) is 4.91. The molecule has 0 aliphatic rings. The van der Waals surface area contributed by atoms with Crippen molar-refractivity contribution in [3.63, 3.8) is 0 Å². The van der Waals surface area contributed by atoms with Crippen LogP contribution in [0.1, 0.15) is 13.3 Å². The smallest absolute Gasteiger partial charge is 0.238 e. The van der Waals surface area contributed by atoms with E-state index in [1.165, 1.54) is 6.92 Å². The molecule has 0 heterocycles. The van der Waals surface area contributed by atoms with Gasteiger partial charge in [0.25, 0.3) is 0 Å². The zero-order valence-corrected chi connectivity index (χ0v) is 7.24. The molecule has 0 rings (SSSR count). The van der Waals surface area contributed by atoms with Crippen LogP contribution in [0.2, 0.25) is 0 Å². The summed E-state index contributed by atoms with van der Waals surface area (Å²) < 4.78 is 0. The number of carbonyl (C=O) groups excluding carboxylic acids is 3. The third-order valence-electron chi connectivity index (χ3n) is 1.29. The topological polar surface area (TPSA) is 115 Å². The Morgan fingerprint density at radius 1 is 1.54 bits per heavy atom. The van der Waals surface area contributed by atoms with Crippen LogP contribution < -0.4 is 16.8 Å². The minimum atomic E-state index is -1.01. The van der Waals surface area contributed by atoms with Crippen LogP contribution >= 0.6 is 0 Å².